The summed E-state index contributed by atoms with van der Waals surface area (Å²) < 4.78 is 0. The molecule has 3 atom stereocenters. The lowest BCUT2D eigenvalue weighted by Gasteiger charge is -2.23. The Morgan fingerprint density at radius 2 is 0.818 bits per heavy atom. The van der Waals surface area contributed by atoms with E-state index in [0.29, 0.717) is 5.41 Å². The molecule has 3 unspecified atom stereocenters. The minimum Gasteiger partial charge on any atom is -0.0776 e. The fourth-order valence-electron chi connectivity index (χ4n) is 4.60. The minimum absolute atomic E-state index is 0. The van der Waals surface area contributed by atoms with Crippen LogP contribution in [0.15, 0.2) is 0 Å². The van der Waals surface area contributed by atoms with Gasteiger partial charge in [0, 0.05) is 0 Å². The average molecular weight is 469 g/mol. The molecule has 0 spiro atoms. The Morgan fingerprint density at radius 3 is 1.15 bits per heavy atom. The summed E-state index contributed by atoms with van der Waals surface area (Å²) in [6.45, 7) is 26.0. The van der Waals surface area contributed by atoms with E-state index in [1.54, 1.807) is 0 Å². The quantitative estimate of drug-likeness (QED) is 0.177. The van der Waals surface area contributed by atoms with Crippen molar-refractivity contribution in [3.63, 3.8) is 0 Å². The third kappa shape index (κ3) is 30.0. The molecule has 0 radical (unpaired) electrons. The van der Waals surface area contributed by atoms with Crippen LogP contribution in [0.1, 0.15) is 180 Å². The molecule has 0 aliphatic heterocycles. The van der Waals surface area contributed by atoms with Crippen LogP contribution in [0.3, 0.4) is 0 Å². The predicted molar refractivity (Wildman–Crippen MR) is 158 cm³/mol. The molecule has 0 heterocycles. The molecule has 0 aliphatic carbocycles. The molecular weight excluding hydrogens is 396 g/mol. The van der Waals surface area contributed by atoms with Gasteiger partial charge in [0.05, 0.1) is 0 Å². The molecule has 0 bridgehead atoms. The van der Waals surface area contributed by atoms with E-state index in [0.717, 1.165) is 29.6 Å². The van der Waals surface area contributed by atoms with Crippen LogP contribution in [0.4, 0.5) is 0 Å². The molecule has 33 heavy (non-hydrogen) atoms. The topological polar surface area (TPSA) is 0 Å². The monoisotopic (exact) mass is 469 g/mol. The van der Waals surface area contributed by atoms with E-state index >= 15 is 0 Å². The first-order valence-corrected chi connectivity index (χ1v) is 14.9. The molecule has 0 aromatic heterocycles. The van der Waals surface area contributed by atoms with Crippen molar-refractivity contribution in [1.82, 2.24) is 0 Å². The highest BCUT2D eigenvalue weighted by molar-refractivity contribution is 4.67. The van der Waals surface area contributed by atoms with Crippen molar-refractivity contribution < 1.29 is 0 Å². The zero-order chi connectivity index (χ0) is 25.0. The summed E-state index contributed by atoms with van der Waals surface area (Å²) in [4.78, 5) is 0. The third-order valence-corrected chi connectivity index (χ3v) is 7.64. The summed E-state index contributed by atoms with van der Waals surface area (Å²) in [6.07, 6.45) is 21.2. The molecule has 0 N–H and O–H groups in total. The van der Waals surface area contributed by atoms with Crippen LogP contribution < -0.4 is 0 Å². The van der Waals surface area contributed by atoms with Crippen molar-refractivity contribution in [1.29, 1.82) is 0 Å². The second kappa shape index (κ2) is 23.7. The van der Waals surface area contributed by atoms with Crippen LogP contribution in [0.25, 0.3) is 0 Å². The highest BCUT2D eigenvalue weighted by atomic mass is 14.2. The van der Waals surface area contributed by atoms with Crippen LogP contribution >= 0.6 is 0 Å². The maximum Gasteiger partial charge on any atom is -0.0357 e. The second-order valence-corrected chi connectivity index (χ2v) is 13.1. The fourth-order valence-corrected chi connectivity index (χ4v) is 4.60. The van der Waals surface area contributed by atoms with Gasteiger partial charge >= 0.3 is 0 Å². The normalized spacial score (nSPS) is 14.5. The maximum atomic E-state index is 2.44. The van der Waals surface area contributed by atoms with Gasteiger partial charge in [0.25, 0.3) is 0 Å². The van der Waals surface area contributed by atoms with Gasteiger partial charge in [0.2, 0.25) is 0 Å². The van der Waals surface area contributed by atoms with Gasteiger partial charge in [-0.05, 0) is 41.4 Å². The van der Waals surface area contributed by atoms with Gasteiger partial charge < -0.3 is 0 Å². The summed E-state index contributed by atoms with van der Waals surface area (Å²) in [5.41, 5.74) is 0.567. The first kappa shape index (κ1) is 37.5. The van der Waals surface area contributed by atoms with E-state index in [1.165, 1.54) is 96.3 Å². The Morgan fingerprint density at radius 1 is 0.485 bits per heavy atom. The van der Waals surface area contributed by atoms with Gasteiger partial charge in [-0.1, -0.05) is 173 Å². The minimum atomic E-state index is 0. The molecule has 0 fully saturated rings. The summed E-state index contributed by atoms with van der Waals surface area (Å²) in [5.74, 6) is 4.61. The molecule has 0 aliphatic rings. The molecule has 0 aromatic rings. The van der Waals surface area contributed by atoms with Crippen molar-refractivity contribution in [2.24, 2.45) is 35.0 Å². The third-order valence-electron chi connectivity index (χ3n) is 7.64. The van der Waals surface area contributed by atoms with Gasteiger partial charge in [-0.25, -0.2) is 0 Å². The summed E-state index contributed by atoms with van der Waals surface area (Å²) in [6, 6.07) is 0. The zero-order valence-corrected chi connectivity index (χ0v) is 25.0. The lowest BCUT2D eigenvalue weighted by Crippen LogP contribution is -2.09. The van der Waals surface area contributed by atoms with Crippen LogP contribution in [0.5, 0.6) is 0 Å². The Balaban J connectivity index is -0.000000529. The Kier molecular flexibility index (Phi) is 27.0. The fraction of sp³-hybridized carbons (Fsp3) is 1.00. The largest absolute Gasteiger partial charge is 0.0776 e. The van der Waals surface area contributed by atoms with Crippen LogP contribution in [-0.4, -0.2) is 0 Å². The predicted octanol–water partition coefficient (Wildman–Crippen LogP) is 12.7. The van der Waals surface area contributed by atoms with E-state index in [1.807, 2.05) is 0 Å². The van der Waals surface area contributed by atoms with E-state index in [9.17, 15) is 0 Å². The Labute approximate surface area is 214 Å². The molecule has 0 nitrogen and oxygen atoms in total. The van der Waals surface area contributed by atoms with Crippen molar-refractivity contribution in [3.8, 4) is 0 Å². The lowest BCUT2D eigenvalue weighted by atomic mass is 9.83. The number of hydrogen-bond acceptors (Lipinski definition) is 0. The summed E-state index contributed by atoms with van der Waals surface area (Å²) in [7, 11) is 0. The zero-order valence-electron chi connectivity index (χ0n) is 25.0. The van der Waals surface area contributed by atoms with E-state index in [-0.39, 0.29) is 7.43 Å². The SMILES string of the molecule is C.CCC(C)(C)CCCC(C)CCCC(C)C.CCCC(C)CCCC(C)CCCC(C)C. The highest BCUT2D eigenvalue weighted by Gasteiger charge is 2.15. The summed E-state index contributed by atoms with van der Waals surface area (Å²) >= 11 is 0. The number of hydrogen-bond donors (Lipinski definition) is 0. The molecule has 0 aromatic carbocycles. The van der Waals surface area contributed by atoms with Gasteiger partial charge in [0.15, 0.2) is 0 Å². The Bertz CT molecular complexity index is 364. The molecule has 0 saturated carbocycles. The lowest BCUT2D eigenvalue weighted by molar-refractivity contribution is 0.294. The first-order chi connectivity index (χ1) is 14.9. The van der Waals surface area contributed by atoms with Crippen LogP contribution in [0.2, 0.25) is 0 Å². The van der Waals surface area contributed by atoms with Crippen LogP contribution in [0, 0.1) is 35.0 Å². The standard InChI is InChI=1S/2C16H34.CH4/c1-7-16(5,6)13-9-12-15(4)11-8-10-14(2)3;1-6-9-15(4)12-8-13-16(5)11-7-10-14(2)3;/h14-15H,7-13H2,1-6H3;14-16H,6-13H2,1-5H3;1H4. The van der Waals surface area contributed by atoms with E-state index in [4.69, 9.17) is 0 Å². The van der Waals surface area contributed by atoms with Crippen molar-refractivity contribution in [2.45, 2.75) is 180 Å². The van der Waals surface area contributed by atoms with Gasteiger partial charge in [0.1, 0.15) is 0 Å². The molecular formula is C33H72. The van der Waals surface area contributed by atoms with E-state index in [2.05, 4.69) is 76.2 Å². The molecule has 0 saturated heterocycles. The smallest absolute Gasteiger partial charge is 0.0357 e. The molecule has 0 heteroatoms. The molecule has 0 amide bonds. The van der Waals surface area contributed by atoms with Gasteiger partial charge in [-0.2, -0.15) is 0 Å². The molecule has 204 valence electrons. The number of rotatable bonds is 19. The van der Waals surface area contributed by atoms with Crippen molar-refractivity contribution in [3.05, 3.63) is 0 Å². The van der Waals surface area contributed by atoms with Crippen molar-refractivity contribution in [2.75, 3.05) is 0 Å². The summed E-state index contributed by atoms with van der Waals surface area (Å²) in [5, 5.41) is 0. The van der Waals surface area contributed by atoms with Crippen molar-refractivity contribution >= 4 is 0 Å². The molecule has 0 rings (SSSR count). The van der Waals surface area contributed by atoms with Crippen LogP contribution in [-0.2, 0) is 0 Å². The highest BCUT2D eigenvalue weighted by Crippen LogP contribution is 2.28. The van der Waals surface area contributed by atoms with Gasteiger partial charge in [-0.15, -0.1) is 0 Å². The van der Waals surface area contributed by atoms with Gasteiger partial charge in [-0.3, -0.25) is 0 Å². The Hall–Kier alpha value is 0. The first-order valence-electron chi connectivity index (χ1n) is 14.9. The van der Waals surface area contributed by atoms with E-state index < -0.39 is 0 Å². The second-order valence-electron chi connectivity index (χ2n) is 13.1. The maximum absolute atomic E-state index is 2.44. The average Bonchev–Trinajstić information content (AvgIpc) is 2.68.